The Hall–Kier alpha value is -3.71. The van der Waals surface area contributed by atoms with Crippen molar-refractivity contribution in [1.82, 2.24) is 9.80 Å². The van der Waals surface area contributed by atoms with Crippen LogP contribution in [0.2, 0.25) is 0 Å². The lowest BCUT2D eigenvalue weighted by Gasteiger charge is -2.34. The molecule has 0 saturated carbocycles. The fourth-order valence-electron chi connectivity index (χ4n) is 3.98. The summed E-state index contributed by atoms with van der Waals surface area (Å²) >= 11 is 0. The fraction of sp³-hybridized carbons (Fsp3) is 0.269. The van der Waals surface area contributed by atoms with E-state index in [1.165, 1.54) is 5.56 Å². The summed E-state index contributed by atoms with van der Waals surface area (Å²) in [6.07, 6.45) is 0. The highest BCUT2D eigenvalue weighted by molar-refractivity contribution is 5.89. The molecule has 2 amide bonds. The monoisotopic (exact) mass is 445 g/mol. The summed E-state index contributed by atoms with van der Waals surface area (Å²) < 4.78 is 16.7. The quantitative estimate of drug-likeness (QED) is 0.611. The average molecular weight is 446 g/mol. The van der Waals surface area contributed by atoms with Crippen molar-refractivity contribution in [1.29, 1.82) is 0 Å². The molecule has 2 heterocycles. The molecule has 7 nitrogen and oxygen atoms in total. The van der Waals surface area contributed by atoms with Crippen molar-refractivity contribution in [2.75, 3.05) is 38.3 Å². The predicted molar refractivity (Wildman–Crippen MR) is 126 cm³/mol. The number of anilines is 1. The Kier molecular flexibility index (Phi) is 6.30. The third-order valence-corrected chi connectivity index (χ3v) is 5.86. The maximum Gasteiger partial charge on any atom is 0.321 e. The molecule has 0 atom stereocenters. The van der Waals surface area contributed by atoms with Crippen molar-refractivity contribution in [3.05, 3.63) is 83.9 Å². The highest BCUT2D eigenvalue weighted by Crippen LogP contribution is 2.32. The molecule has 0 aliphatic carbocycles. The maximum atomic E-state index is 12.7. The largest absolute Gasteiger partial charge is 0.489 e. The Morgan fingerprint density at radius 2 is 1.61 bits per heavy atom. The molecule has 0 bridgehead atoms. The molecule has 1 saturated heterocycles. The summed E-state index contributed by atoms with van der Waals surface area (Å²) in [6, 6.07) is 23.5. The van der Waals surface area contributed by atoms with Crippen LogP contribution in [0.5, 0.6) is 17.2 Å². The Morgan fingerprint density at radius 1 is 0.848 bits per heavy atom. The molecule has 5 rings (SSSR count). The summed E-state index contributed by atoms with van der Waals surface area (Å²) in [5.41, 5.74) is 3.06. The summed E-state index contributed by atoms with van der Waals surface area (Å²) in [5, 5.41) is 2.99. The number of hydrogen-bond acceptors (Lipinski definition) is 5. The first-order valence-corrected chi connectivity index (χ1v) is 11.2. The van der Waals surface area contributed by atoms with Crippen molar-refractivity contribution in [3.8, 4) is 17.2 Å². The molecule has 1 fully saturated rings. The first-order chi connectivity index (χ1) is 16.2. The van der Waals surface area contributed by atoms with Crippen LogP contribution in [0.3, 0.4) is 0 Å². The van der Waals surface area contributed by atoms with E-state index in [2.05, 4.69) is 16.3 Å². The zero-order valence-corrected chi connectivity index (χ0v) is 18.4. The Morgan fingerprint density at radius 3 is 2.39 bits per heavy atom. The standard InChI is InChI=1S/C26H27N3O4/c30-26(27-22-7-9-23(10-8-22)31-18-20-4-2-1-3-5-20)29-14-12-28(13-15-29)17-21-6-11-24-25(16-21)33-19-32-24/h1-11,16H,12-15,17-19H2,(H,27,30). The molecule has 170 valence electrons. The third-order valence-electron chi connectivity index (χ3n) is 5.86. The molecule has 0 radical (unpaired) electrons. The lowest BCUT2D eigenvalue weighted by atomic mass is 10.1. The predicted octanol–water partition coefficient (Wildman–Crippen LogP) is 4.34. The van der Waals surface area contributed by atoms with Gasteiger partial charge in [-0.25, -0.2) is 4.79 Å². The number of piperazine rings is 1. The zero-order chi connectivity index (χ0) is 22.5. The minimum absolute atomic E-state index is 0.0734. The summed E-state index contributed by atoms with van der Waals surface area (Å²) in [4.78, 5) is 16.9. The second kappa shape index (κ2) is 9.83. The van der Waals surface area contributed by atoms with Gasteiger partial charge in [-0.3, -0.25) is 4.90 Å². The first kappa shape index (κ1) is 21.2. The number of carbonyl (C=O) groups is 1. The van der Waals surface area contributed by atoms with E-state index >= 15 is 0 Å². The van der Waals surface area contributed by atoms with Gasteiger partial charge in [-0.1, -0.05) is 36.4 Å². The highest BCUT2D eigenvalue weighted by Gasteiger charge is 2.22. The number of fused-ring (bicyclic) bond motifs is 1. The smallest absolute Gasteiger partial charge is 0.321 e. The van der Waals surface area contributed by atoms with Gasteiger partial charge < -0.3 is 24.4 Å². The van der Waals surface area contributed by atoms with Gasteiger partial charge in [0.15, 0.2) is 11.5 Å². The van der Waals surface area contributed by atoms with E-state index in [9.17, 15) is 4.79 Å². The molecular formula is C26H27N3O4. The molecule has 0 unspecified atom stereocenters. The molecule has 2 aliphatic heterocycles. The van der Waals surface area contributed by atoms with E-state index in [1.54, 1.807) is 0 Å². The Balaban J connectivity index is 1.07. The van der Waals surface area contributed by atoms with Crippen molar-refractivity contribution in [3.63, 3.8) is 0 Å². The van der Waals surface area contributed by atoms with Crippen molar-refractivity contribution < 1.29 is 19.0 Å². The number of carbonyl (C=O) groups excluding carboxylic acids is 1. The highest BCUT2D eigenvalue weighted by atomic mass is 16.7. The molecule has 33 heavy (non-hydrogen) atoms. The number of hydrogen-bond donors (Lipinski definition) is 1. The SMILES string of the molecule is O=C(Nc1ccc(OCc2ccccc2)cc1)N1CCN(Cc2ccc3c(c2)OCO3)CC1. The number of benzene rings is 3. The number of nitrogens with one attached hydrogen (secondary N) is 1. The maximum absolute atomic E-state index is 12.7. The average Bonchev–Trinajstić information content (AvgIpc) is 3.33. The molecule has 0 spiro atoms. The fourth-order valence-corrected chi connectivity index (χ4v) is 3.98. The normalized spacial score (nSPS) is 15.3. The van der Waals surface area contributed by atoms with Crippen molar-refractivity contribution >= 4 is 11.7 Å². The number of rotatable bonds is 6. The Labute approximate surface area is 193 Å². The lowest BCUT2D eigenvalue weighted by Crippen LogP contribution is -2.49. The molecule has 3 aromatic carbocycles. The van der Waals surface area contributed by atoms with E-state index < -0.39 is 0 Å². The van der Waals surface area contributed by atoms with E-state index in [0.29, 0.717) is 19.7 Å². The topological polar surface area (TPSA) is 63.3 Å². The van der Waals surface area contributed by atoms with Crippen LogP contribution in [0.4, 0.5) is 10.5 Å². The van der Waals surface area contributed by atoms with Crippen molar-refractivity contribution in [2.45, 2.75) is 13.2 Å². The zero-order valence-electron chi connectivity index (χ0n) is 18.4. The van der Waals surface area contributed by atoms with Crippen LogP contribution in [-0.2, 0) is 13.2 Å². The van der Waals surface area contributed by atoms with Crippen LogP contribution in [0.25, 0.3) is 0 Å². The van der Waals surface area contributed by atoms with Crippen LogP contribution < -0.4 is 19.5 Å². The van der Waals surface area contributed by atoms with Gasteiger partial charge in [0.05, 0.1) is 0 Å². The first-order valence-electron chi connectivity index (χ1n) is 11.2. The summed E-state index contributed by atoms with van der Waals surface area (Å²) in [6.45, 7) is 4.67. The number of nitrogens with zero attached hydrogens (tertiary/aromatic N) is 2. The van der Waals surface area contributed by atoms with Gasteiger partial charge in [-0.15, -0.1) is 0 Å². The van der Waals surface area contributed by atoms with Gasteiger partial charge in [-0.05, 0) is 47.5 Å². The minimum Gasteiger partial charge on any atom is -0.489 e. The van der Waals surface area contributed by atoms with Crippen LogP contribution in [0.1, 0.15) is 11.1 Å². The van der Waals surface area contributed by atoms with E-state index in [0.717, 1.165) is 48.1 Å². The van der Waals surface area contributed by atoms with Gasteiger partial charge in [0.25, 0.3) is 0 Å². The van der Waals surface area contributed by atoms with E-state index in [-0.39, 0.29) is 12.8 Å². The van der Waals surface area contributed by atoms with Crippen LogP contribution in [0.15, 0.2) is 72.8 Å². The molecular weight excluding hydrogens is 418 g/mol. The van der Waals surface area contributed by atoms with Crippen molar-refractivity contribution in [2.24, 2.45) is 0 Å². The van der Waals surface area contributed by atoms with Gasteiger partial charge in [0, 0.05) is 38.4 Å². The molecule has 3 aromatic rings. The van der Waals surface area contributed by atoms with E-state index in [4.69, 9.17) is 14.2 Å². The summed E-state index contributed by atoms with van der Waals surface area (Å²) in [5.74, 6) is 2.38. The summed E-state index contributed by atoms with van der Waals surface area (Å²) in [7, 11) is 0. The Bertz CT molecular complexity index is 1080. The minimum atomic E-state index is -0.0734. The lowest BCUT2D eigenvalue weighted by molar-refractivity contribution is 0.143. The van der Waals surface area contributed by atoms with Gasteiger partial charge in [0.1, 0.15) is 12.4 Å². The van der Waals surface area contributed by atoms with Gasteiger partial charge >= 0.3 is 6.03 Å². The molecule has 2 aliphatic rings. The van der Waals surface area contributed by atoms with E-state index in [1.807, 2.05) is 71.6 Å². The second-order valence-electron chi connectivity index (χ2n) is 8.18. The number of urea groups is 1. The third kappa shape index (κ3) is 5.38. The second-order valence-corrected chi connectivity index (χ2v) is 8.18. The molecule has 0 aromatic heterocycles. The molecule has 1 N–H and O–H groups in total. The van der Waals surface area contributed by atoms with Gasteiger partial charge in [0.2, 0.25) is 6.79 Å². The van der Waals surface area contributed by atoms with Crippen LogP contribution in [0, 0.1) is 0 Å². The van der Waals surface area contributed by atoms with Crippen LogP contribution in [-0.4, -0.2) is 48.8 Å². The number of amides is 2. The van der Waals surface area contributed by atoms with Crippen LogP contribution >= 0.6 is 0 Å². The van der Waals surface area contributed by atoms with Gasteiger partial charge in [-0.2, -0.15) is 0 Å². The molecule has 7 heteroatoms. The number of ether oxygens (including phenoxy) is 3.